The van der Waals surface area contributed by atoms with Gasteiger partial charge in [0.2, 0.25) is 0 Å². The van der Waals surface area contributed by atoms with Crippen LogP contribution in [0.3, 0.4) is 0 Å². The number of phenols is 1. The normalized spacial score (nSPS) is 11.4. The lowest BCUT2D eigenvalue weighted by Crippen LogP contribution is -1.96. The molecule has 0 saturated heterocycles. The van der Waals surface area contributed by atoms with E-state index >= 15 is 0 Å². The molecule has 0 aliphatic heterocycles. The van der Waals surface area contributed by atoms with Gasteiger partial charge in [-0.15, -0.1) is 10.2 Å². The average molecular weight is 331 g/mol. The van der Waals surface area contributed by atoms with Gasteiger partial charge in [-0.25, -0.2) is 9.78 Å². The van der Waals surface area contributed by atoms with Gasteiger partial charge in [-0.1, -0.05) is 11.6 Å². The summed E-state index contributed by atoms with van der Waals surface area (Å²) in [6, 6.07) is 7.86. The molecule has 0 aliphatic rings. The summed E-state index contributed by atoms with van der Waals surface area (Å²) >= 11 is 5.85. The zero-order valence-electron chi connectivity index (χ0n) is 11.9. The number of hydrogen-bond donors (Lipinski definition) is 2. The Bertz CT molecular complexity index is 949. The summed E-state index contributed by atoms with van der Waals surface area (Å²) in [6.45, 7) is 1.88. The third kappa shape index (κ3) is 2.86. The minimum atomic E-state index is -1.21. The van der Waals surface area contributed by atoms with Crippen molar-refractivity contribution < 1.29 is 15.0 Å². The Morgan fingerprint density at radius 3 is 2.78 bits per heavy atom. The van der Waals surface area contributed by atoms with Crippen LogP contribution in [0.2, 0.25) is 5.02 Å². The van der Waals surface area contributed by atoms with Crippen LogP contribution in [0.15, 0.2) is 46.8 Å². The molecule has 0 aliphatic carbocycles. The number of aromatic carboxylic acids is 1. The van der Waals surface area contributed by atoms with Crippen molar-refractivity contribution in [1.29, 1.82) is 0 Å². The summed E-state index contributed by atoms with van der Waals surface area (Å²) in [7, 11) is 0. The Morgan fingerprint density at radius 2 is 2.04 bits per heavy atom. The first-order valence-corrected chi connectivity index (χ1v) is 6.96. The van der Waals surface area contributed by atoms with Crippen LogP contribution in [0.4, 0.5) is 11.5 Å². The Labute approximate surface area is 135 Å². The van der Waals surface area contributed by atoms with E-state index in [-0.39, 0.29) is 22.9 Å². The molecule has 116 valence electrons. The summed E-state index contributed by atoms with van der Waals surface area (Å²) in [5, 5.41) is 27.2. The van der Waals surface area contributed by atoms with Crippen molar-refractivity contribution in [3.63, 3.8) is 0 Å². The van der Waals surface area contributed by atoms with Crippen molar-refractivity contribution in [2.45, 2.75) is 6.92 Å². The number of fused-ring (bicyclic) bond motifs is 1. The molecule has 0 unspecified atom stereocenters. The smallest absolute Gasteiger partial charge is 0.358 e. The molecule has 8 heteroatoms. The number of phenolic OH excluding ortho intramolecular Hbond substituents is 1. The number of rotatable bonds is 3. The van der Waals surface area contributed by atoms with Gasteiger partial charge in [-0.3, -0.25) is 4.40 Å². The fourth-order valence-electron chi connectivity index (χ4n) is 2.05. The summed E-state index contributed by atoms with van der Waals surface area (Å²) in [6.07, 6.45) is 1.66. The average Bonchev–Trinajstić information content (AvgIpc) is 2.86. The van der Waals surface area contributed by atoms with Gasteiger partial charge in [0.1, 0.15) is 17.1 Å². The molecule has 2 N–H and O–H groups in total. The molecular weight excluding hydrogens is 320 g/mol. The molecule has 0 amide bonds. The van der Waals surface area contributed by atoms with Crippen LogP contribution in [0, 0.1) is 6.92 Å². The minimum Gasteiger partial charge on any atom is -0.506 e. The molecule has 0 atom stereocenters. The molecule has 7 nitrogen and oxygen atoms in total. The molecular formula is C15H11ClN4O3. The van der Waals surface area contributed by atoms with Gasteiger partial charge in [0.25, 0.3) is 0 Å². The molecule has 2 heterocycles. The molecule has 0 radical (unpaired) electrons. The number of aryl methyl sites for hydroxylation is 1. The minimum absolute atomic E-state index is 0.0619. The van der Waals surface area contributed by atoms with E-state index in [1.54, 1.807) is 18.3 Å². The second-order valence-corrected chi connectivity index (χ2v) is 5.29. The molecule has 0 spiro atoms. The van der Waals surface area contributed by atoms with Crippen LogP contribution in [0.5, 0.6) is 5.75 Å². The topological polar surface area (TPSA) is 99.6 Å². The highest BCUT2D eigenvalue weighted by atomic mass is 35.5. The number of hydrogen-bond acceptors (Lipinski definition) is 5. The first-order chi connectivity index (χ1) is 11.0. The van der Waals surface area contributed by atoms with E-state index in [0.29, 0.717) is 10.7 Å². The number of aromatic nitrogens is 2. The van der Waals surface area contributed by atoms with E-state index in [4.69, 9.17) is 11.6 Å². The lowest BCUT2D eigenvalue weighted by Gasteiger charge is -1.99. The number of carbonyl (C=O) groups is 1. The Kier molecular flexibility index (Phi) is 3.71. The van der Waals surface area contributed by atoms with Crippen molar-refractivity contribution in [3.8, 4) is 5.75 Å². The van der Waals surface area contributed by atoms with E-state index in [2.05, 4.69) is 15.2 Å². The first-order valence-electron chi connectivity index (χ1n) is 6.58. The van der Waals surface area contributed by atoms with Gasteiger partial charge in [0, 0.05) is 11.2 Å². The standard InChI is InChI=1S/C15H11ClN4O3/c1-8-4-5-20-12(6-8)17-13(15(22)23)14(20)19-18-10-7-9(16)2-3-11(10)21/h2-7,21H,1H3,(H,22,23). The summed E-state index contributed by atoms with van der Waals surface area (Å²) < 4.78 is 1.52. The monoisotopic (exact) mass is 330 g/mol. The summed E-state index contributed by atoms with van der Waals surface area (Å²) in [5.74, 6) is -1.26. The van der Waals surface area contributed by atoms with Gasteiger partial charge in [0.15, 0.2) is 11.5 Å². The van der Waals surface area contributed by atoms with Crippen molar-refractivity contribution in [2.24, 2.45) is 10.2 Å². The Balaban J connectivity index is 2.15. The highest BCUT2D eigenvalue weighted by Gasteiger charge is 2.18. The van der Waals surface area contributed by atoms with Gasteiger partial charge >= 0.3 is 5.97 Å². The zero-order valence-corrected chi connectivity index (χ0v) is 12.7. The Hall–Kier alpha value is -2.93. The Morgan fingerprint density at radius 1 is 1.26 bits per heavy atom. The SMILES string of the molecule is Cc1ccn2c(N=Nc3cc(Cl)ccc3O)c(C(=O)O)nc2c1. The maximum absolute atomic E-state index is 11.4. The number of azo groups is 1. The molecule has 0 bridgehead atoms. The van der Waals surface area contributed by atoms with Crippen molar-refractivity contribution in [3.05, 3.63) is 52.8 Å². The van der Waals surface area contributed by atoms with Crippen LogP contribution in [0.1, 0.15) is 16.1 Å². The van der Waals surface area contributed by atoms with E-state index in [1.165, 1.54) is 22.6 Å². The van der Waals surface area contributed by atoms with Gasteiger partial charge in [-0.05, 0) is 42.8 Å². The highest BCUT2D eigenvalue weighted by molar-refractivity contribution is 6.30. The van der Waals surface area contributed by atoms with Crippen LogP contribution >= 0.6 is 11.6 Å². The van der Waals surface area contributed by atoms with E-state index in [1.807, 2.05) is 6.92 Å². The number of pyridine rings is 1. The summed E-state index contributed by atoms with van der Waals surface area (Å²) in [4.78, 5) is 15.4. The lowest BCUT2D eigenvalue weighted by atomic mass is 10.3. The molecule has 3 rings (SSSR count). The predicted molar refractivity (Wildman–Crippen MR) is 84.2 cm³/mol. The number of halogens is 1. The fraction of sp³-hybridized carbons (Fsp3) is 0.0667. The predicted octanol–water partition coefficient (Wildman–Crippen LogP) is 4.12. The van der Waals surface area contributed by atoms with E-state index < -0.39 is 5.97 Å². The third-order valence-corrected chi connectivity index (χ3v) is 3.38. The maximum Gasteiger partial charge on any atom is 0.358 e. The maximum atomic E-state index is 11.4. The summed E-state index contributed by atoms with van der Waals surface area (Å²) in [5.41, 5.74) is 1.30. The second kappa shape index (κ2) is 5.69. The number of carboxylic acid groups (broad SMARTS) is 1. The lowest BCUT2D eigenvalue weighted by molar-refractivity contribution is 0.0692. The van der Waals surface area contributed by atoms with Crippen molar-refractivity contribution >= 4 is 34.7 Å². The fourth-order valence-corrected chi connectivity index (χ4v) is 2.22. The first kappa shape index (κ1) is 15.0. The largest absolute Gasteiger partial charge is 0.506 e. The number of nitrogens with zero attached hydrogens (tertiary/aromatic N) is 4. The van der Waals surface area contributed by atoms with E-state index in [0.717, 1.165) is 5.56 Å². The molecule has 3 aromatic rings. The number of imidazole rings is 1. The number of aromatic hydroxyl groups is 1. The number of benzene rings is 1. The molecule has 0 fully saturated rings. The molecule has 23 heavy (non-hydrogen) atoms. The van der Waals surface area contributed by atoms with Crippen molar-refractivity contribution in [2.75, 3.05) is 0 Å². The van der Waals surface area contributed by atoms with Gasteiger partial charge in [0.05, 0.1) is 0 Å². The highest BCUT2D eigenvalue weighted by Crippen LogP contribution is 2.31. The van der Waals surface area contributed by atoms with Crippen LogP contribution in [-0.4, -0.2) is 25.6 Å². The zero-order chi connectivity index (χ0) is 16.6. The van der Waals surface area contributed by atoms with E-state index in [9.17, 15) is 15.0 Å². The van der Waals surface area contributed by atoms with Crippen LogP contribution in [0.25, 0.3) is 5.65 Å². The molecule has 1 aromatic carbocycles. The van der Waals surface area contributed by atoms with Crippen LogP contribution in [-0.2, 0) is 0 Å². The van der Waals surface area contributed by atoms with Gasteiger partial charge < -0.3 is 10.2 Å². The molecule has 0 saturated carbocycles. The van der Waals surface area contributed by atoms with Crippen LogP contribution < -0.4 is 0 Å². The van der Waals surface area contributed by atoms with Crippen molar-refractivity contribution in [1.82, 2.24) is 9.38 Å². The quantitative estimate of drug-likeness (QED) is 0.705. The third-order valence-electron chi connectivity index (χ3n) is 3.15. The number of carboxylic acids is 1. The second-order valence-electron chi connectivity index (χ2n) is 4.85. The molecule has 2 aromatic heterocycles. The van der Waals surface area contributed by atoms with Gasteiger partial charge in [-0.2, -0.15) is 0 Å².